The zero-order valence-electron chi connectivity index (χ0n) is 19.3. The van der Waals surface area contributed by atoms with Crippen LogP contribution < -0.4 is 0 Å². The van der Waals surface area contributed by atoms with Crippen molar-refractivity contribution in [3.63, 3.8) is 0 Å². The highest BCUT2D eigenvalue weighted by Crippen LogP contribution is 2.64. The van der Waals surface area contributed by atoms with Crippen LogP contribution in [0.15, 0.2) is 0 Å². The van der Waals surface area contributed by atoms with Crippen molar-refractivity contribution in [3.05, 3.63) is 0 Å². The SMILES string of the molecule is CC(C)CCCC[C@H]1CCC2C(CC=O)C([C@@]3(C)CC[C@H](O)CC3=O)CC[C@@]21C. The van der Waals surface area contributed by atoms with Crippen LogP contribution in [0, 0.1) is 40.4 Å². The molecule has 0 aliphatic heterocycles. The lowest BCUT2D eigenvalue weighted by Gasteiger charge is -2.54. The maximum atomic E-state index is 13.0. The summed E-state index contributed by atoms with van der Waals surface area (Å²) in [4.78, 5) is 24.7. The number of aldehydes is 1. The van der Waals surface area contributed by atoms with Crippen LogP contribution in [0.4, 0.5) is 0 Å². The fourth-order valence-electron chi connectivity index (χ4n) is 7.59. The van der Waals surface area contributed by atoms with E-state index in [9.17, 15) is 14.7 Å². The molecule has 3 heteroatoms. The highest BCUT2D eigenvalue weighted by atomic mass is 16.3. The van der Waals surface area contributed by atoms with Gasteiger partial charge in [-0.25, -0.2) is 0 Å². The number of Topliss-reactive ketones (excluding diaryl/α,β-unsaturated/α-hetero) is 1. The zero-order valence-corrected chi connectivity index (χ0v) is 19.3. The smallest absolute Gasteiger partial charge is 0.141 e. The molecule has 3 aliphatic rings. The quantitative estimate of drug-likeness (QED) is 0.400. The minimum Gasteiger partial charge on any atom is -0.393 e. The van der Waals surface area contributed by atoms with Gasteiger partial charge in [-0.15, -0.1) is 0 Å². The van der Waals surface area contributed by atoms with Gasteiger partial charge >= 0.3 is 0 Å². The Morgan fingerprint density at radius 1 is 1.07 bits per heavy atom. The van der Waals surface area contributed by atoms with Gasteiger partial charge in [0.1, 0.15) is 12.1 Å². The van der Waals surface area contributed by atoms with E-state index in [0.717, 1.165) is 37.4 Å². The van der Waals surface area contributed by atoms with Gasteiger partial charge in [0.25, 0.3) is 0 Å². The molecule has 1 N–H and O–H groups in total. The summed E-state index contributed by atoms with van der Waals surface area (Å²) < 4.78 is 0. The molecule has 166 valence electrons. The van der Waals surface area contributed by atoms with E-state index in [0.29, 0.717) is 36.0 Å². The lowest BCUT2D eigenvalue weighted by molar-refractivity contribution is -0.145. The van der Waals surface area contributed by atoms with Crippen LogP contribution in [0.5, 0.6) is 0 Å². The van der Waals surface area contributed by atoms with Gasteiger partial charge in [-0.2, -0.15) is 0 Å². The topological polar surface area (TPSA) is 54.4 Å². The summed E-state index contributed by atoms with van der Waals surface area (Å²) in [7, 11) is 0. The normalized spacial score (nSPS) is 42.8. The van der Waals surface area contributed by atoms with E-state index >= 15 is 0 Å². The van der Waals surface area contributed by atoms with Gasteiger partial charge in [-0.1, -0.05) is 47.0 Å². The Labute approximate surface area is 178 Å². The van der Waals surface area contributed by atoms with Crippen molar-refractivity contribution in [1.82, 2.24) is 0 Å². The van der Waals surface area contributed by atoms with Crippen molar-refractivity contribution in [2.45, 2.75) is 111 Å². The van der Waals surface area contributed by atoms with E-state index in [1.165, 1.54) is 44.9 Å². The van der Waals surface area contributed by atoms with Crippen molar-refractivity contribution in [2.24, 2.45) is 40.4 Å². The molecule has 29 heavy (non-hydrogen) atoms. The summed E-state index contributed by atoms with van der Waals surface area (Å²) in [6, 6.07) is 0. The third kappa shape index (κ3) is 4.50. The average molecular weight is 405 g/mol. The van der Waals surface area contributed by atoms with Gasteiger partial charge < -0.3 is 9.90 Å². The molecule has 3 saturated carbocycles. The number of rotatable bonds is 8. The van der Waals surface area contributed by atoms with E-state index in [1.54, 1.807) is 0 Å². The molecule has 3 unspecified atom stereocenters. The third-order valence-electron chi connectivity index (χ3n) is 9.46. The van der Waals surface area contributed by atoms with E-state index in [2.05, 4.69) is 27.7 Å². The molecule has 0 spiro atoms. The summed E-state index contributed by atoms with van der Waals surface area (Å²) >= 11 is 0. The van der Waals surface area contributed by atoms with Crippen LogP contribution in [-0.2, 0) is 9.59 Å². The molecule has 0 heterocycles. The molecule has 0 radical (unpaired) electrons. The fraction of sp³-hybridized carbons (Fsp3) is 0.923. The maximum absolute atomic E-state index is 13.0. The van der Waals surface area contributed by atoms with Gasteiger partial charge in [0.05, 0.1) is 6.10 Å². The van der Waals surface area contributed by atoms with Gasteiger partial charge in [-0.05, 0) is 80.0 Å². The van der Waals surface area contributed by atoms with Crippen molar-refractivity contribution in [2.75, 3.05) is 0 Å². The number of hydrogen-bond donors (Lipinski definition) is 1. The molecule has 0 aromatic rings. The molecule has 0 aromatic heterocycles. The second kappa shape index (κ2) is 9.20. The van der Waals surface area contributed by atoms with Gasteiger partial charge in [0.2, 0.25) is 0 Å². The first kappa shape index (κ1) is 23.0. The summed E-state index contributed by atoms with van der Waals surface area (Å²) in [5, 5.41) is 9.97. The zero-order chi connectivity index (χ0) is 21.2. The van der Waals surface area contributed by atoms with Crippen LogP contribution in [-0.4, -0.2) is 23.3 Å². The monoisotopic (exact) mass is 404 g/mol. The van der Waals surface area contributed by atoms with Crippen LogP contribution in [0.2, 0.25) is 0 Å². The Balaban J connectivity index is 1.73. The third-order valence-corrected chi connectivity index (χ3v) is 9.46. The number of unbranched alkanes of at least 4 members (excludes halogenated alkanes) is 1. The first-order valence-electron chi connectivity index (χ1n) is 12.4. The number of fused-ring (bicyclic) bond motifs is 1. The molecular formula is C26H44O3. The van der Waals surface area contributed by atoms with Crippen LogP contribution >= 0.6 is 0 Å². The van der Waals surface area contributed by atoms with Gasteiger partial charge in [0, 0.05) is 18.3 Å². The van der Waals surface area contributed by atoms with E-state index in [-0.39, 0.29) is 11.2 Å². The predicted molar refractivity (Wildman–Crippen MR) is 117 cm³/mol. The lowest BCUT2D eigenvalue weighted by Crippen LogP contribution is -2.51. The minimum absolute atomic E-state index is 0.240. The molecule has 0 bridgehead atoms. The standard InChI is InChI=1S/C26H44O3/c1-18(2)7-5-6-8-19-9-10-22-21(13-16-27)23(12-15-25(19,22)3)26(4)14-11-20(28)17-24(26)29/h16,18-23,28H,5-15,17H2,1-4H3/t19-,20-,21?,22?,23?,25+,26+/m0/s1. The van der Waals surface area contributed by atoms with Crippen molar-refractivity contribution in [3.8, 4) is 0 Å². The Morgan fingerprint density at radius 3 is 2.48 bits per heavy atom. The Kier molecular flexibility index (Phi) is 7.29. The molecule has 0 saturated heterocycles. The van der Waals surface area contributed by atoms with E-state index in [1.807, 2.05) is 0 Å². The van der Waals surface area contributed by atoms with Crippen molar-refractivity contribution < 1.29 is 14.7 Å². The number of carbonyl (C=O) groups excluding carboxylic acids is 2. The highest BCUT2D eigenvalue weighted by molar-refractivity contribution is 5.86. The number of hydrogen-bond acceptors (Lipinski definition) is 3. The van der Waals surface area contributed by atoms with Crippen LogP contribution in [0.25, 0.3) is 0 Å². The van der Waals surface area contributed by atoms with Crippen molar-refractivity contribution in [1.29, 1.82) is 0 Å². The molecule has 7 atom stereocenters. The molecule has 0 aromatic carbocycles. The maximum Gasteiger partial charge on any atom is 0.141 e. The molecule has 3 fully saturated rings. The summed E-state index contributed by atoms with van der Waals surface area (Å²) in [5.74, 6) is 3.05. The average Bonchev–Trinajstić information content (AvgIpc) is 2.99. The second-order valence-corrected chi connectivity index (χ2v) is 11.5. The van der Waals surface area contributed by atoms with Gasteiger partial charge in [-0.3, -0.25) is 4.79 Å². The number of aliphatic hydroxyl groups excluding tert-OH is 1. The van der Waals surface area contributed by atoms with Crippen LogP contribution in [0.3, 0.4) is 0 Å². The fourth-order valence-corrected chi connectivity index (χ4v) is 7.59. The Morgan fingerprint density at radius 2 is 1.83 bits per heavy atom. The minimum atomic E-state index is -0.462. The van der Waals surface area contributed by atoms with Gasteiger partial charge in [0.15, 0.2) is 0 Å². The number of carbonyl (C=O) groups is 2. The number of ketones is 1. The number of aliphatic hydroxyl groups is 1. The highest BCUT2D eigenvalue weighted by Gasteiger charge is 2.58. The molecular weight excluding hydrogens is 360 g/mol. The van der Waals surface area contributed by atoms with Crippen LogP contribution in [0.1, 0.15) is 105 Å². The molecule has 0 amide bonds. The lowest BCUT2D eigenvalue weighted by atomic mass is 9.50. The molecule has 3 aliphatic carbocycles. The first-order chi connectivity index (χ1) is 13.7. The summed E-state index contributed by atoms with van der Waals surface area (Å²) in [6.45, 7) is 9.26. The van der Waals surface area contributed by atoms with E-state index < -0.39 is 6.10 Å². The summed E-state index contributed by atoms with van der Waals surface area (Å²) in [5.41, 5.74) is -0.000810. The van der Waals surface area contributed by atoms with E-state index in [4.69, 9.17) is 0 Å². The second-order valence-electron chi connectivity index (χ2n) is 11.5. The molecule has 3 nitrogen and oxygen atoms in total. The Hall–Kier alpha value is -0.700. The Bertz CT molecular complexity index is 585. The molecule has 3 rings (SSSR count). The largest absolute Gasteiger partial charge is 0.393 e. The first-order valence-corrected chi connectivity index (χ1v) is 12.4. The predicted octanol–water partition coefficient (Wildman–Crippen LogP) is 5.97. The summed E-state index contributed by atoms with van der Waals surface area (Å²) in [6.07, 6.45) is 13.2. The van der Waals surface area contributed by atoms with Crippen molar-refractivity contribution >= 4 is 12.1 Å².